The molecule has 1 aromatic rings. The van der Waals surface area contributed by atoms with E-state index in [0.717, 1.165) is 24.7 Å². The second-order valence-electron chi connectivity index (χ2n) is 4.53. The average Bonchev–Trinajstić information content (AvgIpc) is 2.91. The monoisotopic (exact) mass is 249 g/mol. The van der Waals surface area contributed by atoms with E-state index >= 15 is 0 Å². The largest absolute Gasteiger partial charge is 0.350 e. The molecule has 1 aromatic carbocycles. The van der Waals surface area contributed by atoms with E-state index in [1.165, 1.54) is 5.56 Å². The third-order valence-electron chi connectivity index (χ3n) is 3.03. The van der Waals surface area contributed by atoms with Crippen molar-refractivity contribution >= 4 is 6.29 Å². The molecule has 1 unspecified atom stereocenters. The molecule has 2 N–H and O–H groups in total. The van der Waals surface area contributed by atoms with Gasteiger partial charge >= 0.3 is 0 Å². The van der Waals surface area contributed by atoms with Crippen molar-refractivity contribution in [3.05, 3.63) is 35.4 Å². The summed E-state index contributed by atoms with van der Waals surface area (Å²) in [6.07, 6.45) is 3.15. The van der Waals surface area contributed by atoms with Gasteiger partial charge in [-0.15, -0.1) is 0 Å². The molecule has 98 valence electrons. The highest BCUT2D eigenvalue weighted by molar-refractivity contribution is 5.57. The van der Waals surface area contributed by atoms with Crippen LogP contribution in [0.3, 0.4) is 0 Å². The van der Waals surface area contributed by atoms with Gasteiger partial charge in [-0.25, -0.2) is 0 Å². The first-order valence-electron chi connectivity index (χ1n) is 6.30. The van der Waals surface area contributed by atoms with Crippen LogP contribution < -0.4 is 5.73 Å². The van der Waals surface area contributed by atoms with Gasteiger partial charge in [0, 0.05) is 6.42 Å². The van der Waals surface area contributed by atoms with Crippen molar-refractivity contribution in [1.29, 1.82) is 0 Å². The van der Waals surface area contributed by atoms with Gasteiger partial charge in [-0.3, -0.25) is 0 Å². The number of aryl methyl sites for hydroxylation is 1. The van der Waals surface area contributed by atoms with Crippen LogP contribution in [-0.4, -0.2) is 31.8 Å². The van der Waals surface area contributed by atoms with Gasteiger partial charge in [0.25, 0.3) is 0 Å². The molecule has 1 fully saturated rings. The number of hydrogen-bond acceptors (Lipinski definition) is 4. The standard InChI is InChI=1S/C14H19NO3/c15-13(10-16)9-12-3-1-11(2-4-12)5-6-14-17-7-8-18-14/h1-4,10,13-14H,5-9,15H2. The molecule has 0 bridgehead atoms. The fourth-order valence-electron chi connectivity index (χ4n) is 2.02. The molecule has 1 aliphatic rings. The number of nitrogens with two attached hydrogens (primary N) is 1. The lowest BCUT2D eigenvalue weighted by Gasteiger charge is -2.09. The summed E-state index contributed by atoms with van der Waals surface area (Å²) in [5.41, 5.74) is 7.92. The van der Waals surface area contributed by atoms with Gasteiger partial charge in [-0.2, -0.15) is 0 Å². The molecule has 0 radical (unpaired) electrons. The third-order valence-corrected chi connectivity index (χ3v) is 3.03. The average molecular weight is 249 g/mol. The molecule has 4 heteroatoms. The van der Waals surface area contributed by atoms with Crippen molar-refractivity contribution in [2.45, 2.75) is 31.6 Å². The van der Waals surface area contributed by atoms with Gasteiger partial charge in [-0.1, -0.05) is 24.3 Å². The van der Waals surface area contributed by atoms with Crippen molar-refractivity contribution in [3.63, 3.8) is 0 Å². The van der Waals surface area contributed by atoms with Crippen molar-refractivity contribution in [3.8, 4) is 0 Å². The van der Waals surface area contributed by atoms with Crippen LogP contribution in [0.4, 0.5) is 0 Å². The molecular weight excluding hydrogens is 230 g/mol. The molecule has 1 atom stereocenters. The van der Waals surface area contributed by atoms with Crippen LogP contribution in [-0.2, 0) is 27.1 Å². The van der Waals surface area contributed by atoms with Gasteiger partial charge in [0.05, 0.1) is 19.3 Å². The molecule has 1 aliphatic heterocycles. The quantitative estimate of drug-likeness (QED) is 0.766. The SMILES string of the molecule is NC(C=O)Cc1ccc(CCC2OCCO2)cc1. The molecular formula is C14H19NO3. The van der Waals surface area contributed by atoms with Crippen molar-refractivity contribution < 1.29 is 14.3 Å². The lowest BCUT2D eigenvalue weighted by atomic mass is 10.0. The number of rotatable bonds is 6. The Hall–Kier alpha value is -1.23. The summed E-state index contributed by atoms with van der Waals surface area (Å²) in [4.78, 5) is 10.5. The normalized spacial score (nSPS) is 17.8. The molecule has 18 heavy (non-hydrogen) atoms. The second kappa shape index (κ2) is 6.64. The van der Waals surface area contributed by atoms with Crippen LogP contribution >= 0.6 is 0 Å². The number of benzene rings is 1. The van der Waals surface area contributed by atoms with E-state index in [9.17, 15) is 4.79 Å². The molecule has 4 nitrogen and oxygen atoms in total. The first-order valence-corrected chi connectivity index (χ1v) is 6.30. The zero-order chi connectivity index (χ0) is 12.8. The first-order chi connectivity index (χ1) is 8.78. The Bertz CT molecular complexity index is 371. The number of aldehydes is 1. The van der Waals surface area contributed by atoms with Gasteiger partial charge < -0.3 is 20.0 Å². The van der Waals surface area contributed by atoms with Crippen LogP contribution in [0.1, 0.15) is 17.5 Å². The third kappa shape index (κ3) is 3.91. The summed E-state index contributed by atoms with van der Waals surface area (Å²) in [7, 11) is 0. The highest BCUT2D eigenvalue weighted by Gasteiger charge is 2.15. The lowest BCUT2D eigenvalue weighted by molar-refractivity contribution is -0.108. The first kappa shape index (κ1) is 13.2. The summed E-state index contributed by atoms with van der Waals surface area (Å²) >= 11 is 0. The van der Waals surface area contributed by atoms with Crippen molar-refractivity contribution in [2.75, 3.05) is 13.2 Å². The predicted molar refractivity (Wildman–Crippen MR) is 68.2 cm³/mol. The second-order valence-corrected chi connectivity index (χ2v) is 4.53. The van der Waals surface area contributed by atoms with Crippen molar-refractivity contribution in [2.24, 2.45) is 5.73 Å². The van der Waals surface area contributed by atoms with Crippen LogP contribution in [0.5, 0.6) is 0 Å². The maximum absolute atomic E-state index is 10.5. The van der Waals surface area contributed by atoms with Crippen LogP contribution in [0.25, 0.3) is 0 Å². The molecule has 0 saturated carbocycles. The fourth-order valence-corrected chi connectivity index (χ4v) is 2.02. The Morgan fingerprint density at radius 2 is 1.83 bits per heavy atom. The molecule has 1 heterocycles. The zero-order valence-corrected chi connectivity index (χ0v) is 10.4. The minimum atomic E-state index is -0.406. The lowest BCUT2D eigenvalue weighted by Crippen LogP contribution is -2.23. The fraction of sp³-hybridized carbons (Fsp3) is 0.500. The summed E-state index contributed by atoms with van der Waals surface area (Å²) in [6, 6.07) is 7.78. The Morgan fingerprint density at radius 3 is 2.44 bits per heavy atom. The number of carbonyl (C=O) groups is 1. The Labute approximate surface area is 107 Å². The molecule has 0 amide bonds. The van der Waals surface area contributed by atoms with Gasteiger partial charge in [0.2, 0.25) is 0 Å². The van der Waals surface area contributed by atoms with E-state index in [4.69, 9.17) is 15.2 Å². The Morgan fingerprint density at radius 1 is 1.22 bits per heavy atom. The predicted octanol–water partition coefficient (Wildman–Crippen LogP) is 1.06. The molecule has 2 rings (SSSR count). The maximum atomic E-state index is 10.5. The Balaban J connectivity index is 1.81. The molecule has 1 saturated heterocycles. The number of carbonyl (C=O) groups excluding carboxylic acids is 1. The van der Waals surface area contributed by atoms with E-state index in [0.29, 0.717) is 19.6 Å². The van der Waals surface area contributed by atoms with Gasteiger partial charge in [0.1, 0.15) is 6.29 Å². The van der Waals surface area contributed by atoms with Crippen LogP contribution in [0.2, 0.25) is 0 Å². The highest BCUT2D eigenvalue weighted by atomic mass is 16.7. The number of hydrogen-bond donors (Lipinski definition) is 1. The molecule has 0 spiro atoms. The minimum absolute atomic E-state index is 0.0480. The van der Waals surface area contributed by atoms with E-state index < -0.39 is 6.04 Å². The molecule has 0 aliphatic carbocycles. The minimum Gasteiger partial charge on any atom is -0.350 e. The van der Waals surface area contributed by atoms with Crippen molar-refractivity contribution in [1.82, 2.24) is 0 Å². The van der Waals surface area contributed by atoms with Crippen LogP contribution in [0, 0.1) is 0 Å². The van der Waals surface area contributed by atoms with Crippen LogP contribution in [0.15, 0.2) is 24.3 Å². The topological polar surface area (TPSA) is 61.6 Å². The van der Waals surface area contributed by atoms with Gasteiger partial charge in [0.15, 0.2) is 6.29 Å². The maximum Gasteiger partial charge on any atom is 0.158 e. The summed E-state index contributed by atoms with van der Waals surface area (Å²) in [6.45, 7) is 1.40. The highest BCUT2D eigenvalue weighted by Crippen LogP contribution is 2.13. The summed E-state index contributed by atoms with van der Waals surface area (Å²) < 4.78 is 10.8. The molecule has 0 aromatic heterocycles. The number of ether oxygens (including phenoxy) is 2. The Kier molecular flexibility index (Phi) is 4.87. The van der Waals surface area contributed by atoms with E-state index in [-0.39, 0.29) is 6.29 Å². The van der Waals surface area contributed by atoms with Gasteiger partial charge in [-0.05, 0) is 24.0 Å². The smallest absolute Gasteiger partial charge is 0.158 e. The van der Waals surface area contributed by atoms with E-state index in [1.54, 1.807) is 0 Å². The summed E-state index contributed by atoms with van der Waals surface area (Å²) in [5, 5.41) is 0. The van der Waals surface area contributed by atoms with E-state index in [2.05, 4.69) is 12.1 Å². The van der Waals surface area contributed by atoms with E-state index in [1.807, 2.05) is 12.1 Å². The summed E-state index contributed by atoms with van der Waals surface area (Å²) in [5.74, 6) is 0. The zero-order valence-electron chi connectivity index (χ0n) is 10.4.